The standard InChI is InChI=1S/C26H29N5O/c1-3-5-6-7-8-11-19(4-2)25-29-22-14-13-20(16-23(22)30-25)26(32)27-17-21-18-31-15-10-9-12-24(31)28-21/h3-5,8-16,18,25,29-30H,6-7,17H2,1-2H3,(H,27,32)/b5-3-,11-8-,19-4+. The Morgan fingerprint density at radius 2 is 1.97 bits per heavy atom. The summed E-state index contributed by atoms with van der Waals surface area (Å²) in [6.45, 7) is 4.46. The fourth-order valence-electron chi connectivity index (χ4n) is 3.73. The summed E-state index contributed by atoms with van der Waals surface area (Å²) in [5.41, 5.74) is 5.40. The molecule has 6 heteroatoms. The molecule has 0 saturated heterocycles. The van der Waals surface area contributed by atoms with Gasteiger partial charge in [-0.3, -0.25) is 4.79 Å². The Balaban J connectivity index is 1.37. The largest absolute Gasteiger partial charge is 0.360 e. The topological polar surface area (TPSA) is 70.5 Å². The molecule has 0 fully saturated rings. The predicted octanol–water partition coefficient (Wildman–Crippen LogP) is 5.29. The first kappa shape index (κ1) is 21.4. The molecule has 3 heterocycles. The predicted molar refractivity (Wildman–Crippen MR) is 131 cm³/mol. The highest BCUT2D eigenvalue weighted by atomic mass is 16.1. The molecule has 2 aromatic heterocycles. The summed E-state index contributed by atoms with van der Waals surface area (Å²) in [7, 11) is 0. The number of nitrogens with one attached hydrogen (secondary N) is 3. The zero-order valence-corrected chi connectivity index (χ0v) is 18.5. The Morgan fingerprint density at radius 1 is 1.12 bits per heavy atom. The van der Waals surface area contributed by atoms with Crippen molar-refractivity contribution in [1.29, 1.82) is 0 Å². The highest BCUT2D eigenvalue weighted by molar-refractivity contribution is 5.97. The van der Waals surface area contributed by atoms with E-state index in [0.717, 1.165) is 35.6 Å². The zero-order chi connectivity index (χ0) is 22.3. The molecule has 0 aliphatic carbocycles. The Kier molecular flexibility index (Phi) is 6.70. The number of imidazole rings is 1. The fraction of sp³-hybridized carbons (Fsp3) is 0.231. The van der Waals surface area contributed by atoms with Gasteiger partial charge < -0.3 is 20.4 Å². The average Bonchev–Trinajstić information content (AvgIpc) is 3.43. The van der Waals surface area contributed by atoms with E-state index in [9.17, 15) is 4.79 Å². The van der Waals surface area contributed by atoms with Gasteiger partial charge in [0.2, 0.25) is 0 Å². The summed E-state index contributed by atoms with van der Waals surface area (Å²) in [5, 5.41) is 9.94. The highest BCUT2D eigenvalue weighted by Gasteiger charge is 2.22. The van der Waals surface area contributed by atoms with Crippen LogP contribution in [0.25, 0.3) is 5.65 Å². The number of aromatic nitrogens is 2. The van der Waals surface area contributed by atoms with Gasteiger partial charge in [0.1, 0.15) is 11.8 Å². The number of benzene rings is 1. The summed E-state index contributed by atoms with van der Waals surface area (Å²) in [6.07, 6.45) is 16.6. The summed E-state index contributed by atoms with van der Waals surface area (Å²) in [6, 6.07) is 11.5. The number of unbranched alkanes of at least 4 members (excludes halogenated alkanes) is 1. The number of nitrogens with zero attached hydrogens (tertiary/aromatic N) is 2. The third-order valence-electron chi connectivity index (χ3n) is 5.44. The van der Waals surface area contributed by atoms with Crippen LogP contribution in [0.1, 0.15) is 42.7 Å². The molecule has 32 heavy (non-hydrogen) atoms. The molecule has 1 unspecified atom stereocenters. The maximum atomic E-state index is 12.7. The van der Waals surface area contributed by atoms with Crippen molar-refractivity contribution in [2.45, 2.75) is 39.4 Å². The van der Waals surface area contributed by atoms with Crippen molar-refractivity contribution in [2.24, 2.45) is 0 Å². The molecule has 3 N–H and O–H groups in total. The molecular formula is C26H29N5O. The Hall–Kier alpha value is -3.80. The van der Waals surface area contributed by atoms with Gasteiger partial charge in [-0.2, -0.15) is 0 Å². The first-order valence-electron chi connectivity index (χ1n) is 11.0. The first-order valence-corrected chi connectivity index (χ1v) is 11.0. The van der Waals surface area contributed by atoms with E-state index in [2.05, 4.69) is 51.3 Å². The SMILES string of the molecule is C/C=C\CC/C=C\C(=C/C)C1Nc2ccc(C(=O)NCc3cn4ccccc4n3)cc2N1. The number of amides is 1. The van der Waals surface area contributed by atoms with E-state index in [1.807, 2.05) is 67.0 Å². The lowest BCUT2D eigenvalue weighted by molar-refractivity contribution is 0.0950. The highest BCUT2D eigenvalue weighted by Crippen LogP contribution is 2.32. The lowest BCUT2D eigenvalue weighted by Gasteiger charge is -2.13. The van der Waals surface area contributed by atoms with Crippen molar-refractivity contribution in [1.82, 2.24) is 14.7 Å². The molecule has 4 rings (SSSR count). The molecule has 0 spiro atoms. The van der Waals surface area contributed by atoms with Crippen LogP contribution in [0.3, 0.4) is 0 Å². The maximum absolute atomic E-state index is 12.7. The monoisotopic (exact) mass is 427 g/mol. The number of hydrogen-bond acceptors (Lipinski definition) is 4. The van der Waals surface area contributed by atoms with Crippen molar-refractivity contribution in [3.8, 4) is 0 Å². The van der Waals surface area contributed by atoms with Crippen LogP contribution < -0.4 is 16.0 Å². The molecule has 1 amide bonds. The Bertz CT molecular complexity index is 1150. The van der Waals surface area contributed by atoms with E-state index in [0.29, 0.717) is 12.1 Å². The molecule has 6 nitrogen and oxygen atoms in total. The Labute approximate surface area is 188 Å². The number of pyridine rings is 1. The minimum Gasteiger partial charge on any atom is -0.360 e. The van der Waals surface area contributed by atoms with Gasteiger partial charge in [-0.1, -0.05) is 36.4 Å². The van der Waals surface area contributed by atoms with E-state index in [4.69, 9.17) is 0 Å². The maximum Gasteiger partial charge on any atom is 0.251 e. The van der Waals surface area contributed by atoms with Gasteiger partial charge in [0, 0.05) is 18.0 Å². The molecule has 1 aliphatic rings. The van der Waals surface area contributed by atoms with Gasteiger partial charge in [0.25, 0.3) is 5.91 Å². The number of carbonyl (C=O) groups excluding carboxylic acids is 1. The molecule has 164 valence electrons. The lowest BCUT2D eigenvalue weighted by Crippen LogP contribution is -2.24. The van der Waals surface area contributed by atoms with Gasteiger partial charge in [-0.05, 0) is 62.6 Å². The van der Waals surface area contributed by atoms with E-state index >= 15 is 0 Å². The summed E-state index contributed by atoms with van der Waals surface area (Å²) in [4.78, 5) is 17.2. The van der Waals surface area contributed by atoms with Crippen LogP contribution >= 0.6 is 0 Å². The van der Waals surface area contributed by atoms with Crippen LogP contribution in [0.2, 0.25) is 0 Å². The summed E-state index contributed by atoms with van der Waals surface area (Å²) >= 11 is 0. The van der Waals surface area contributed by atoms with Gasteiger partial charge in [0.05, 0.1) is 23.6 Å². The van der Waals surface area contributed by atoms with Crippen LogP contribution in [-0.4, -0.2) is 21.5 Å². The Morgan fingerprint density at radius 3 is 2.78 bits per heavy atom. The summed E-state index contributed by atoms with van der Waals surface area (Å²) in [5.74, 6) is -0.120. The van der Waals surface area contributed by atoms with Crippen LogP contribution in [0, 0.1) is 0 Å². The van der Waals surface area contributed by atoms with Gasteiger partial charge >= 0.3 is 0 Å². The molecule has 1 atom stereocenters. The van der Waals surface area contributed by atoms with Crippen LogP contribution in [0.5, 0.6) is 0 Å². The van der Waals surface area contributed by atoms with Crippen molar-refractivity contribution in [3.63, 3.8) is 0 Å². The van der Waals surface area contributed by atoms with Gasteiger partial charge in [0.15, 0.2) is 0 Å². The van der Waals surface area contributed by atoms with Gasteiger partial charge in [-0.25, -0.2) is 4.98 Å². The van der Waals surface area contributed by atoms with Crippen LogP contribution in [0.4, 0.5) is 11.4 Å². The number of rotatable bonds is 8. The molecule has 0 saturated carbocycles. The number of hydrogen-bond donors (Lipinski definition) is 3. The minimum atomic E-state index is -0.120. The fourth-order valence-corrected chi connectivity index (χ4v) is 3.73. The minimum absolute atomic E-state index is 0.00995. The van der Waals surface area contributed by atoms with Gasteiger partial charge in [-0.15, -0.1) is 0 Å². The molecule has 1 aliphatic heterocycles. The van der Waals surface area contributed by atoms with Crippen molar-refractivity contribution in [2.75, 3.05) is 10.6 Å². The zero-order valence-electron chi connectivity index (χ0n) is 18.5. The van der Waals surface area contributed by atoms with Crippen molar-refractivity contribution < 1.29 is 4.79 Å². The van der Waals surface area contributed by atoms with E-state index in [1.165, 1.54) is 5.57 Å². The second kappa shape index (κ2) is 10.0. The molecular weight excluding hydrogens is 398 g/mol. The van der Waals surface area contributed by atoms with E-state index < -0.39 is 0 Å². The van der Waals surface area contributed by atoms with Crippen LogP contribution in [-0.2, 0) is 6.54 Å². The first-order chi connectivity index (χ1) is 15.7. The number of allylic oxidation sites excluding steroid dienone is 4. The molecule has 0 bridgehead atoms. The second-order valence-corrected chi connectivity index (χ2v) is 7.70. The van der Waals surface area contributed by atoms with Crippen molar-refractivity contribution in [3.05, 3.63) is 96.0 Å². The summed E-state index contributed by atoms with van der Waals surface area (Å²) < 4.78 is 1.94. The third-order valence-corrected chi connectivity index (χ3v) is 5.44. The quantitative estimate of drug-likeness (QED) is 0.260. The third kappa shape index (κ3) is 4.91. The van der Waals surface area contributed by atoms with E-state index in [-0.39, 0.29) is 12.1 Å². The number of carbonyl (C=O) groups is 1. The van der Waals surface area contributed by atoms with E-state index in [1.54, 1.807) is 0 Å². The molecule has 1 aromatic carbocycles. The average molecular weight is 428 g/mol. The van der Waals surface area contributed by atoms with Crippen molar-refractivity contribution >= 4 is 22.9 Å². The number of fused-ring (bicyclic) bond motifs is 2. The van der Waals surface area contributed by atoms with Crippen LogP contribution in [0.15, 0.2) is 84.7 Å². The lowest BCUT2D eigenvalue weighted by atomic mass is 10.1. The second-order valence-electron chi connectivity index (χ2n) is 7.70. The number of anilines is 2. The molecule has 3 aromatic rings. The normalized spacial score (nSPS) is 15.8. The smallest absolute Gasteiger partial charge is 0.251 e. The molecule has 0 radical (unpaired) electrons.